The lowest BCUT2D eigenvalue weighted by molar-refractivity contribution is -0.121. The monoisotopic (exact) mass is 251 g/mol. The van der Waals surface area contributed by atoms with E-state index in [1.165, 1.54) is 0 Å². The molecule has 4 N–H and O–H groups in total. The minimum absolute atomic E-state index is 0.278. The number of anilines is 2. The molecule has 1 aromatic heterocycles. The Morgan fingerprint density at radius 1 is 1.61 bits per heavy atom. The van der Waals surface area contributed by atoms with Crippen LogP contribution in [0.15, 0.2) is 6.07 Å². The largest absolute Gasteiger partial charge is 0.384 e. The zero-order valence-corrected chi connectivity index (χ0v) is 10.3. The highest BCUT2D eigenvalue weighted by atomic mass is 16.5. The number of nitrogens with two attached hydrogens (primary N) is 2. The number of primary amides is 1. The first kappa shape index (κ1) is 12.6. The average Bonchev–Trinajstić information content (AvgIpc) is 2.38. The molecule has 1 aromatic rings. The fourth-order valence-corrected chi connectivity index (χ4v) is 1.92. The molecule has 1 saturated heterocycles. The van der Waals surface area contributed by atoms with E-state index in [0.717, 1.165) is 0 Å². The molecule has 1 unspecified atom stereocenters. The summed E-state index contributed by atoms with van der Waals surface area (Å²) in [5, 5.41) is 0. The first-order chi connectivity index (χ1) is 8.61. The summed E-state index contributed by atoms with van der Waals surface area (Å²) in [7, 11) is 0. The molecule has 2 rings (SSSR count). The van der Waals surface area contributed by atoms with Crippen LogP contribution in [0, 0.1) is 0 Å². The molecule has 1 aliphatic rings. The molecule has 1 amide bonds. The smallest absolute Gasteiger partial charge is 0.242 e. The van der Waals surface area contributed by atoms with Crippen LogP contribution in [0.5, 0.6) is 0 Å². The van der Waals surface area contributed by atoms with Crippen molar-refractivity contribution >= 4 is 17.5 Å². The van der Waals surface area contributed by atoms with Crippen molar-refractivity contribution in [2.24, 2.45) is 5.73 Å². The van der Waals surface area contributed by atoms with Crippen LogP contribution >= 0.6 is 0 Å². The fourth-order valence-electron chi connectivity index (χ4n) is 1.92. The minimum atomic E-state index is -0.502. The number of rotatable bonds is 3. The molecule has 0 radical (unpaired) electrons. The van der Waals surface area contributed by atoms with Crippen molar-refractivity contribution in [1.82, 2.24) is 9.97 Å². The van der Waals surface area contributed by atoms with Gasteiger partial charge >= 0.3 is 0 Å². The number of aromatic nitrogens is 2. The molecule has 1 fully saturated rings. The molecular weight excluding hydrogens is 234 g/mol. The number of ether oxygens (including phenoxy) is 1. The molecule has 0 aliphatic carbocycles. The Hall–Kier alpha value is -1.89. The summed E-state index contributed by atoms with van der Waals surface area (Å²) >= 11 is 0. The second kappa shape index (κ2) is 5.18. The maximum Gasteiger partial charge on any atom is 0.242 e. The topological polar surface area (TPSA) is 107 Å². The number of nitrogens with zero attached hydrogens (tertiary/aromatic N) is 3. The average molecular weight is 251 g/mol. The van der Waals surface area contributed by atoms with Gasteiger partial charge < -0.3 is 21.1 Å². The van der Waals surface area contributed by atoms with Gasteiger partial charge in [-0.25, -0.2) is 9.97 Å². The van der Waals surface area contributed by atoms with E-state index >= 15 is 0 Å². The Kier molecular flexibility index (Phi) is 3.61. The number of amides is 1. The van der Waals surface area contributed by atoms with Crippen molar-refractivity contribution in [3.8, 4) is 0 Å². The van der Waals surface area contributed by atoms with Gasteiger partial charge in [0.1, 0.15) is 23.5 Å². The summed E-state index contributed by atoms with van der Waals surface area (Å²) in [6.45, 7) is 3.33. The summed E-state index contributed by atoms with van der Waals surface area (Å²) in [6.07, 6.45) is 0.684. The molecule has 1 atom stereocenters. The van der Waals surface area contributed by atoms with Gasteiger partial charge in [0.05, 0.1) is 13.2 Å². The number of hydrogen-bond acceptors (Lipinski definition) is 6. The Labute approximate surface area is 105 Å². The van der Waals surface area contributed by atoms with Gasteiger partial charge in [0.2, 0.25) is 5.91 Å². The molecule has 18 heavy (non-hydrogen) atoms. The van der Waals surface area contributed by atoms with E-state index in [9.17, 15) is 4.79 Å². The highest BCUT2D eigenvalue weighted by Crippen LogP contribution is 2.19. The van der Waals surface area contributed by atoms with E-state index < -0.39 is 11.9 Å². The van der Waals surface area contributed by atoms with Crippen molar-refractivity contribution in [1.29, 1.82) is 0 Å². The zero-order valence-electron chi connectivity index (χ0n) is 10.3. The third kappa shape index (κ3) is 2.51. The van der Waals surface area contributed by atoms with E-state index in [4.69, 9.17) is 16.2 Å². The first-order valence-electron chi connectivity index (χ1n) is 5.89. The van der Waals surface area contributed by atoms with E-state index in [1.54, 1.807) is 6.07 Å². The highest BCUT2D eigenvalue weighted by molar-refractivity contribution is 5.83. The number of carbonyl (C=O) groups excluding carboxylic acids is 1. The summed E-state index contributed by atoms with van der Waals surface area (Å²) in [6, 6.07) is 1.15. The predicted octanol–water partition coefficient (Wildman–Crippen LogP) is -0.688. The normalized spacial score (nSPS) is 19.8. The Balaban J connectivity index is 2.33. The summed E-state index contributed by atoms with van der Waals surface area (Å²) in [5.41, 5.74) is 11.1. The van der Waals surface area contributed by atoms with E-state index in [-0.39, 0.29) is 6.61 Å². The second-order valence-electron chi connectivity index (χ2n) is 4.11. The van der Waals surface area contributed by atoms with Gasteiger partial charge in [-0.2, -0.15) is 0 Å². The van der Waals surface area contributed by atoms with E-state index in [0.29, 0.717) is 37.0 Å². The lowest BCUT2D eigenvalue weighted by Crippen LogP contribution is -2.53. The predicted molar refractivity (Wildman–Crippen MR) is 67.0 cm³/mol. The van der Waals surface area contributed by atoms with Gasteiger partial charge in [-0.1, -0.05) is 6.92 Å². The van der Waals surface area contributed by atoms with Crippen LogP contribution < -0.4 is 16.4 Å². The van der Waals surface area contributed by atoms with Gasteiger partial charge in [0.25, 0.3) is 0 Å². The van der Waals surface area contributed by atoms with Crippen molar-refractivity contribution in [2.45, 2.75) is 19.4 Å². The minimum Gasteiger partial charge on any atom is -0.384 e. The van der Waals surface area contributed by atoms with Crippen LogP contribution in [-0.2, 0) is 16.0 Å². The third-order valence-corrected chi connectivity index (χ3v) is 2.85. The van der Waals surface area contributed by atoms with Crippen LogP contribution in [0.2, 0.25) is 0 Å². The van der Waals surface area contributed by atoms with Crippen molar-refractivity contribution in [2.75, 3.05) is 30.4 Å². The summed E-state index contributed by atoms with van der Waals surface area (Å²) < 4.78 is 5.26. The van der Waals surface area contributed by atoms with Crippen molar-refractivity contribution in [3.05, 3.63) is 11.9 Å². The van der Waals surface area contributed by atoms with Gasteiger partial charge in [-0.05, 0) is 0 Å². The van der Waals surface area contributed by atoms with Gasteiger partial charge in [0.15, 0.2) is 0 Å². The van der Waals surface area contributed by atoms with Crippen LogP contribution in [0.1, 0.15) is 12.7 Å². The Morgan fingerprint density at radius 3 is 3.06 bits per heavy atom. The van der Waals surface area contributed by atoms with Gasteiger partial charge in [-0.3, -0.25) is 4.79 Å². The molecule has 7 nitrogen and oxygen atoms in total. The standard InChI is InChI=1S/C11H17N5O2/c1-2-9-14-8(12)5-10(15-9)16-3-4-18-6-7(16)11(13)17/h5,7H,2-4,6H2,1H3,(H2,13,17)(H2,12,14,15). The van der Waals surface area contributed by atoms with Crippen molar-refractivity contribution < 1.29 is 9.53 Å². The molecular formula is C11H17N5O2. The Morgan fingerprint density at radius 2 is 2.39 bits per heavy atom. The van der Waals surface area contributed by atoms with Crippen LogP contribution in [0.4, 0.5) is 11.6 Å². The molecule has 98 valence electrons. The number of carbonyl (C=O) groups is 1. The number of nitrogen functional groups attached to an aromatic ring is 1. The zero-order chi connectivity index (χ0) is 13.1. The quantitative estimate of drug-likeness (QED) is 0.736. The van der Waals surface area contributed by atoms with E-state index in [2.05, 4.69) is 9.97 Å². The summed E-state index contributed by atoms with van der Waals surface area (Å²) in [5.74, 6) is 1.25. The van der Waals surface area contributed by atoms with Gasteiger partial charge in [-0.15, -0.1) is 0 Å². The lowest BCUT2D eigenvalue weighted by atomic mass is 10.2. The fraction of sp³-hybridized carbons (Fsp3) is 0.545. The third-order valence-electron chi connectivity index (χ3n) is 2.85. The molecule has 0 saturated carbocycles. The highest BCUT2D eigenvalue weighted by Gasteiger charge is 2.29. The molecule has 0 aromatic carbocycles. The number of aryl methyl sites for hydroxylation is 1. The first-order valence-corrected chi connectivity index (χ1v) is 5.89. The SMILES string of the molecule is CCc1nc(N)cc(N2CCOCC2C(N)=O)n1. The molecule has 0 spiro atoms. The molecule has 0 bridgehead atoms. The van der Waals surface area contributed by atoms with Crippen LogP contribution in [0.3, 0.4) is 0 Å². The number of hydrogen-bond donors (Lipinski definition) is 2. The van der Waals surface area contributed by atoms with Crippen LogP contribution in [0.25, 0.3) is 0 Å². The maximum absolute atomic E-state index is 11.4. The van der Waals surface area contributed by atoms with Crippen molar-refractivity contribution in [3.63, 3.8) is 0 Å². The second-order valence-corrected chi connectivity index (χ2v) is 4.11. The van der Waals surface area contributed by atoms with Gasteiger partial charge in [0, 0.05) is 19.0 Å². The molecule has 2 heterocycles. The lowest BCUT2D eigenvalue weighted by Gasteiger charge is -2.34. The van der Waals surface area contributed by atoms with Crippen LogP contribution in [-0.4, -0.2) is 41.7 Å². The maximum atomic E-state index is 11.4. The summed E-state index contributed by atoms with van der Waals surface area (Å²) in [4.78, 5) is 21.7. The number of morpholine rings is 1. The molecule has 1 aliphatic heterocycles. The molecule has 7 heteroatoms. The Bertz CT molecular complexity index is 451. The van der Waals surface area contributed by atoms with E-state index in [1.807, 2.05) is 11.8 Å².